The van der Waals surface area contributed by atoms with E-state index >= 15 is 0 Å². The van der Waals surface area contributed by atoms with Crippen molar-refractivity contribution in [1.29, 1.82) is 0 Å². The highest BCUT2D eigenvalue weighted by Crippen LogP contribution is 2.16. The third-order valence-electron chi connectivity index (χ3n) is 3.51. The van der Waals surface area contributed by atoms with Gasteiger partial charge in [0.25, 0.3) is 0 Å². The normalized spacial score (nSPS) is 18.2. The maximum atomic E-state index is 5.17. The molecule has 1 aromatic rings. The van der Waals surface area contributed by atoms with E-state index in [1.165, 1.54) is 44.5 Å². The van der Waals surface area contributed by atoms with Gasteiger partial charge in [0.05, 0.1) is 7.11 Å². The SMILES string of the molecule is COc1ccc(C[C@H](C)CN2CCCC2)cc1. The standard InChI is InChI=1S/C15H23NO/c1-13(12-16-9-3-4-10-16)11-14-5-7-15(17-2)8-6-14/h5-8,13H,3-4,9-12H2,1-2H3/t13-/m0/s1. The van der Waals surface area contributed by atoms with Crippen LogP contribution < -0.4 is 4.74 Å². The summed E-state index contributed by atoms with van der Waals surface area (Å²) in [6.45, 7) is 6.19. The van der Waals surface area contributed by atoms with E-state index in [0.717, 1.165) is 11.7 Å². The van der Waals surface area contributed by atoms with E-state index in [9.17, 15) is 0 Å². The Labute approximate surface area is 105 Å². The Morgan fingerprint density at radius 3 is 2.41 bits per heavy atom. The van der Waals surface area contributed by atoms with Gasteiger partial charge in [0.1, 0.15) is 5.75 Å². The summed E-state index contributed by atoms with van der Waals surface area (Å²) in [5.41, 5.74) is 1.41. The number of nitrogens with zero attached hydrogens (tertiary/aromatic N) is 1. The summed E-state index contributed by atoms with van der Waals surface area (Å²) in [4.78, 5) is 2.59. The van der Waals surface area contributed by atoms with Crippen molar-refractivity contribution in [2.45, 2.75) is 26.2 Å². The predicted molar refractivity (Wildman–Crippen MR) is 71.5 cm³/mol. The van der Waals surface area contributed by atoms with Crippen LogP contribution in [0.15, 0.2) is 24.3 Å². The number of hydrogen-bond donors (Lipinski definition) is 0. The molecule has 0 N–H and O–H groups in total. The molecule has 1 aliphatic rings. The van der Waals surface area contributed by atoms with Crippen LogP contribution in [-0.4, -0.2) is 31.6 Å². The van der Waals surface area contributed by atoms with Crippen LogP contribution in [0.3, 0.4) is 0 Å². The lowest BCUT2D eigenvalue weighted by atomic mass is 10.0. The smallest absolute Gasteiger partial charge is 0.118 e. The van der Waals surface area contributed by atoms with Gasteiger partial charge in [0.15, 0.2) is 0 Å². The molecule has 2 rings (SSSR count). The van der Waals surface area contributed by atoms with E-state index in [-0.39, 0.29) is 0 Å². The first-order valence-corrected chi connectivity index (χ1v) is 6.63. The predicted octanol–water partition coefficient (Wildman–Crippen LogP) is 2.97. The van der Waals surface area contributed by atoms with Gasteiger partial charge in [-0.15, -0.1) is 0 Å². The average molecular weight is 233 g/mol. The van der Waals surface area contributed by atoms with Crippen molar-refractivity contribution in [3.63, 3.8) is 0 Å². The van der Waals surface area contributed by atoms with Crippen LogP contribution in [0.2, 0.25) is 0 Å². The van der Waals surface area contributed by atoms with Gasteiger partial charge in [0, 0.05) is 6.54 Å². The van der Waals surface area contributed by atoms with Crippen LogP contribution in [0.25, 0.3) is 0 Å². The minimum absolute atomic E-state index is 0.737. The molecule has 0 aliphatic carbocycles. The zero-order valence-electron chi connectivity index (χ0n) is 11.0. The molecule has 0 spiro atoms. The molecular weight excluding hydrogens is 210 g/mol. The summed E-state index contributed by atoms with van der Waals surface area (Å²) in [5.74, 6) is 1.68. The zero-order valence-corrected chi connectivity index (χ0v) is 11.0. The first-order valence-electron chi connectivity index (χ1n) is 6.63. The monoisotopic (exact) mass is 233 g/mol. The van der Waals surface area contributed by atoms with E-state index < -0.39 is 0 Å². The zero-order chi connectivity index (χ0) is 12.1. The van der Waals surface area contributed by atoms with Crippen molar-refractivity contribution < 1.29 is 4.74 Å². The highest BCUT2D eigenvalue weighted by atomic mass is 16.5. The lowest BCUT2D eigenvalue weighted by molar-refractivity contribution is 0.287. The molecule has 0 unspecified atom stereocenters. The van der Waals surface area contributed by atoms with Gasteiger partial charge in [0.2, 0.25) is 0 Å². The molecule has 1 aromatic carbocycles. The van der Waals surface area contributed by atoms with E-state index in [4.69, 9.17) is 4.74 Å². The summed E-state index contributed by atoms with van der Waals surface area (Å²) in [7, 11) is 1.71. The van der Waals surface area contributed by atoms with Crippen molar-refractivity contribution in [3.05, 3.63) is 29.8 Å². The quantitative estimate of drug-likeness (QED) is 0.775. The molecule has 1 atom stereocenters. The molecular formula is C15H23NO. The minimum Gasteiger partial charge on any atom is -0.497 e. The Bertz CT molecular complexity index is 327. The molecule has 1 fully saturated rings. The first-order chi connectivity index (χ1) is 8.28. The number of rotatable bonds is 5. The minimum atomic E-state index is 0.737. The molecule has 2 heteroatoms. The van der Waals surface area contributed by atoms with Crippen molar-refractivity contribution in [1.82, 2.24) is 4.90 Å². The number of hydrogen-bond acceptors (Lipinski definition) is 2. The number of ether oxygens (including phenoxy) is 1. The van der Waals surface area contributed by atoms with E-state index in [0.29, 0.717) is 0 Å². The van der Waals surface area contributed by atoms with Crippen LogP contribution in [0.1, 0.15) is 25.3 Å². The molecule has 94 valence electrons. The van der Waals surface area contributed by atoms with Gasteiger partial charge in [-0.1, -0.05) is 19.1 Å². The fourth-order valence-electron chi connectivity index (χ4n) is 2.63. The maximum Gasteiger partial charge on any atom is 0.118 e. The van der Waals surface area contributed by atoms with Gasteiger partial charge in [-0.2, -0.15) is 0 Å². The molecule has 17 heavy (non-hydrogen) atoms. The summed E-state index contributed by atoms with van der Waals surface area (Å²) in [5, 5.41) is 0. The molecule has 0 bridgehead atoms. The van der Waals surface area contributed by atoms with Gasteiger partial charge in [-0.05, 0) is 56.0 Å². The molecule has 2 nitrogen and oxygen atoms in total. The third kappa shape index (κ3) is 3.74. The Kier molecular flexibility index (Phi) is 4.43. The van der Waals surface area contributed by atoms with Crippen LogP contribution in [-0.2, 0) is 6.42 Å². The van der Waals surface area contributed by atoms with E-state index in [2.05, 4.69) is 36.1 Å². The van der Waals surface area contributed by atoms with Crippen molar-refractivity contribution in [2.24, 2.45) is 5.92 Å². The number of likely N-dealkylation sites (tertiary alicyclic amines) is 1. The van der Waals surface area contributed by atoms with Gasteiger partial charge in [-0.25, -0.2) is 0 Å². The van der Waals surface area contributed by atoms with Crippen molar-refractivity contribution in [2.75, 3.05) is 26.7 Å². The van der Waals surface area contributed by atoms with E-state index in [1.807, 2.05) is 0 Å². The lowest BCUT2D eigenvalue weighted by Gasteiger charge is -2.20. The van der Waals surface area contributed by atoms with Gasteiger partial charge < -0.3 is 9.64 Å². The van der Waals surface area contributed by atoms with Crippen molar-refractivity contribution in [3.8, 4) is 5.75 Å². The first kappa shape index (κ1) is 12.4. The topological polar surface area (TPSA) is 12.5 Å². The second-order valence-electron chi connectivity index (χ2n) is 5.17. The Morgan fingerprint density at radius 1 is 1.18 bits per heavy atom. The highest BCUT2D eigenvalue weighted by molar-refractivity contribution is 5.27. The number of benzene rings is 1. The molecule has 1 heterocycles. The number of methoxy groups -OCH3 is 1. The third-order valence-corrected chi connectivity index (χ3v) is 3.51. The Hall–Kier alpha value is -1.02. The van der Waals surface area contributed by atoms with Gasteiger partial charge >= 0.3 is 0 Å². The van der Waals surface area contributed by atoms with Crippen LogP contribution in [0.5, 0.6) is 5.75 Å². The van der Waals surface area contributed by atoms with Crippen LogP contribution >= 0.6 is 0 Å². The maximum absolute atomic E-state index is 5.17. The van der Waals surface area contributed by atoms with Crippen LogP contribution in [0.4, 0.5) is 0 Å². The fourth-order valence-corrected chi connectivity index (χ4v) is 2.63. The summed E-state index contributed by atoms with van der Waals surface area (Å²) >= 11 is 0. The second kappa shape index (κ2) is 6.06. The Balaban J connectivity index is 1.81. The molecule has 0 saturated carbocycles. The summed E-state index contributed by atoms with van der Waals surface area (Å²) < 4.78 is 5.17. The Morgan fingerprint density at radius 2 is 1.82 bits per heavy atom. The lowest BCUT2D eigenvalue weighted by Crippen LogP contribution is -2.26. The summed E-state index contributed by atoms with van der Waals surface area (Å²) in [6, 6.07) is 8.47. The largest absolute Gasteiger partial charge is 0.497 e. The van der Waals surface area contributed by atoms with Crippen molar-refractivity contribution >= 4 is 0 Å². The van der Waals surface area contributed by atoms with Crippen LogP contribution in [0, 0.1) is 5.92 Å². The summed E-state index contributed by atoms with van der Waals surface area (Å²) in [6.07, 6.45) is 3.94. The average Bonchev–Trinajstić information content (AvgIpc) is 2.82. The molecule has 0 radical (unpaired) electrons. The second-order valence-corrected chi connectivity index (χ2v) is 5.17. The molecule has 1 saturated heterocycles. The molecule has 1 aliphatic heterocycles. The molecule has 0 aromatic heterocycles. The fraction of sp³-hybridized carbons (Fsp3) is 0.600. The highest BCUT2D eigenvalue weighted by Gasteiger charge is 2.14. The van der Waals surface area contributed by atoms with Gasteiger partial charge in [-0.3, -0.25) is 0 Å². The van der Waals surface area contributed by atoms with E-state index in [1.54, 1.807) is 7.11 Å². The molecule has 0 amide bonds.